The lowest BCUT2D eigenvalue weighted by molar-refractivity contribution is -0.184. The number of hydrogen-bond donors (Lipinski definition) is 2. The fourth-order valence-electron chi connectivity index (χ4n) is 1.70. The summed E-state index contributed by atoms with van der Waals surface area (Å²) < 4.78 is 48.6. The lowest BCUT2D eigenvalue weighted by Gasteiger charge is -2.26. The minimum Gasteiger partial charge on any atom is -0.346 e. The number of nitrogens with two attached hydrogens (primary N) is 1. The largest absolute Gasteiger partial charge is 0.415 e. The van der Waals surface area contributed by atoms with Crippen LogP contribution < -0.4 is 11.1 Å². The van der Waals surface area contributed by atoms with E-state index in [0.29, 0.717) is 25.7 Å². The van der Waals surface area contributed by atoms with Gasteiger partial charge in [-0.15, -0.1) is 0 Å². The predicted octanol–water partition coefficient (Wildman–Crippen LogP) is 1.95. The van der Waals surface area contributed by atoms with Crippen LogP contribution in [-0.2, 0) is 14.3 Å². The molecule has 0 aliphatic carbocycles. The molecule has 0 bridgehead atoms. The lowest BCUT2D eigenvalue weighted by atomic mass is 10.0. The van der Waals surface area contributed by atoms with Crippen LogP contribution in [0, 0.1) is 0 Å². The second-order valence-electron chi connectivity index (χ2n) is 4.85. The molecule has 5 nitrogen and oxygen atoms in total. The monoisotopic (exact) mass is 304 g/mol. The number of ether oxygens (including phenoxy) is 2. The van der Waals surface area contributed by atoms with Gasteiger partial charge in [0.25, 0.3) is 5.91 Å². The Bertz CT molecular complexity index is 526. The van der Waals surface area contributed by atoms with Crippen molar-refractivity contribution in [2.45, 2.75) is 24.9 Å². The first-order chi connectivity index (χ1) is 9.72. The molecule has 0 radical (unpaired) electrons. The molecule has 0 spiro atoms. The number of alkyl halides is 3. The number of hydrogen-bond acceptors (Lipinski definition) is 4. The molecule has 116 valence electrons. The predicted molar refractivity (Wildman–Crippen MR) is 68.4 cm³/mol. The van der Waals surface area contributed by atoms with Crippen molar-refractivity contribution >= 4 is 11.6 Å². The molecule has 1 saturated heterocycles. The Kier molecular flexibility index (Phi) is 4.22. The first-order valence-electron chi connectivity index (χ1n) is 6.22. The van der Waals surface area contributed by atoms with Crippen LogP contribution in [0.3, 0.4) is 0 Å². The van der Waals surface area contributed by atoms with E-state index in [9.17, 15) is 18.0 Å². The molecule has 1 heterocycles. The molecule has 8 heteroatoms. The summed E-state index contributed by atoms with van der Waals surface area (Å²) in [5.74, 6) is -1.33. The van der Waals surface area contributed by atoms with Gasteiger partial charge in [0.05, 0.1) is 13.2 Å². The summed E-state index contributed by atoms with van der Waals surface area (Å²) in [4.78, 5) is 11.7. The van der Waals surface area contributed by atoms with Gasteiger partial charge in [0.1, 0.15) is 0 Å². The Morgan fingerprint density at radius 2 is 1.95 bits per heavy atom. The Hall–Kier alpha value is -1.64. The molecular weight excluding hydrogens is 289 g/mol. The molecule has 2 rings (SSSR count). The third-order valence-electron chi connectivity index (χ3n) is 3.10. The first-order valence-corrected chi connectivity index (χ1v) is 6.22. The van der Waals surface area contributed by atoms with E-state index in [1.807, 2.05) is 0 Å². The maximum Gasteiger partial charge on any atom is 0.415 e. The van der Waals surface area contributed by atoms with E-state index in [1.54, 1.807) is 12.1 Å². The lowest BCUT2D eigenvalue weighted by Crippen LogP contribution is -2.59. The number of carbonyl (C=O) groups excluding carboxylic acids is 1. The average Bonchev–Trinajstić information content (AvgIpc) is 2.91. The summed E-state index contributed by atoms with van der Waals surface area (Å²) >= 11 is 0. The molecule has 1 aromatic rings. The highest BCUT2D eigenvalue weighted by Gasteiger charge is 2.53. The van der Waals surface area contributed by atoms with E-state index in [-0.39, 0.29) is 5.69 Å². The molecule has 1 unspecified atom stereocenters. The van der Waals surface area contributed by atoms with Crippen LogP contribution >= 0.6 is 0 Å². The summed E-state index contributed by atoms with van der Waals surface area (Å²) in [5, 5.41) is 2.16. The summed E-state index contributed by atoms with van der Waals surface area (Å²) in [5.41, 5.74) is 2.89. The summed E-state index contributed by atoms with van der Waals surface area (Å²) in [6.07, 6.45) is -5.42. The van der Waals surface area contributed by atoms with Gasteiger partial charge in [0.2, 0.25) is 0 Å². The van der Waals surface area contributed by atoms with Gasteiger partial charge in [-0.1, -0.05) is 12.1 Å². The van der Waals surface area contributed by atoms with E-state index in [1.165, 1.54) is 12.1 Å². The number of anilines is 1. The van der Waals surface area contributed by atoms with Crippen molar-refractivity contribution in [3.8, 4) is 0 Å². The van der Waals surface area contributed by atoms with Crippen LogP contribution in [0.4, 0.5) is 18.9 Å². The molecule has 1 aliphatic rings. The maximum atomic E-state index is 12.7. The first kappa shape index (κ1) is 15.7. The minimum absolute atomic E-state index is 0.192. The standard InChI is InChI=1S/C13H15F3N2O3/c1-12(17,13(14,15)16)11(19)18-9-4-2-3-8(7-9)10-20-5-6-21-10/h2-4,7,10H,5-6,17H2,1H3,(H,18,19). The topological polar surface area (TPSA) is 73.6 Å². The third kappa shape index (κ3) is 3.34. The summed E-state index contributed by atoms with van der Waals surface area (Å²) in [7, 11) is 0. The Morgan fingerprint density at radius 1 is 1.33 bits per heavy atom. The quantitative estimate of drug-likeness (QED) is 0.895. The summed E-state index contributed by atoms with van der Waals surface area (Å²) in [6, 6.07) is 6.22. The minimum atomic E-state index is -4.84. The smallest absolute Gasteiger partial charge is 0.346 e. The van der Waals surface area contributed by atoms with Crippen molar-refractivity contribution in [3.63, 3.8) is 0 Å². The van der Waals surface area contributed by atoms with Gasteiger partial charge in [-0.2, -0.15) is 13.2 Å². The second-order valence-corrected chi connectivity index (χ2v) is 4.85. The number of benzene rings is 1. The zero-order chi connectivity index (χ0) is 15.7. The van der Waals surface area contributed by atoms with Crippen LogP contribution in [-0.4, -0.2) is 30.8 Å². The summed E-state index contributed by atoms with van der Waals surface area (Å²) in [6.45, 7) is 1.50. The maximum absolute atomic E-state index is 12.7. The van der Waals surface area contributed by atoms with Crippen molar-refractivity contribution in [2.75, 3.05) is 18.5 Å². The highest BCUT2D eigenvalue weighted by molar-refractivity contribution is 5.98. The average molecular weight is 304 g/mol. The van der Waals surface area contributed by atoms with E-state index in [4.69, 9.17) is 15.2 Å². The highest BCUT2D eigenvalue weighted by Crippen LogP contribution is 2.30. The molecule has 0 aromatic heterocycles. The Labute approximate surface area is 119 Å². The fourth-order valence-corrected chi connectivity index (χ4v) is 1.70. The molecule has 1 atom stereocenters. The number of amides is 1. The molecule has 1 aliphatic heterocycles. The van der Waals surface area contributed by atoms with Crippen molar-refractivity contribution in [1.29, 1.82) is 0 Å². The number of nitrogens with one attached hydrogen (secondary N) is 1. The molecule has 0 saturated carbocycles. The van der Waals surface area contributed by atoms with Gasteiger partial charge in [0, 0.05) is 11.3 Å². The molecule has 1 fully saturated rings. The van der Waals surface area contributed by atoms with Gasteiger partial charge in [-0.05, 0) is 19.1 Å². The van der Waals surface area contributed by atoms with Crippen molar-refractivity contribution < 1.29 is 27.4 Å². The number of halogens is 3. The third-order valence-corrected chi connectivity index (χ3v) is 3.10. The molecule has 1 amide bonds. The van der Waals surface area contributed by atoms with Gasteiger partial charge < -0.3 is 20.5 Å². The van der Waals surface area contributed by atoms with Gasteiger partial charge >= 0.3 is 6.18 Å². The van der Waals surface area contributed by atoms with Crippen LogP contribution in [0.5, 0.6) is 0 Å². The Morgan fingerprint density at radius 3 is 2.52 bits per heavy atom. The zero-order valence-electron chi connectivity index (χ0n) is 11.2. The van der Waals surface area contributed by atoms with Crippen LogP contribution in [0.2, 0.25) is 0 Å². The highest BCUT2D eigenvalue weighted by atomic mass is 19.4. The van der Waals surface area contributed by atoms with E-state index >= 15 is 0 Å². The fraction of sp³-hybridized carbons (Fsp3) is 0.462. The van der Waals surface area contributed by atoms with Gasteiger partial charge in [-0.3, -0.25) is 4.79 Å². The van der Waals surface area contributed by atoms with Gasteiger partial charge in [-0.25, -0.2) is 0 Å². The number of rotatable bonds is 3. The van der Waals surface area contributed by atoms with Crippen molar-refractivity contribution in [2.24, 2.45) is 5.73 Å². The van der Waals surface area contributed by atoms with Crippen LogP contribution in [0.15, 0.2) is 24.3 Å². The molecule has 1 aromatic carbocycles. The van der Waals surface area contributed by atoms with Gasteiger partial charge in [0.15, 0.2) is 11.8 Å². The van der Waals surface area contributed by atoms with E-state index in [2.05, 4.69) is 5.32 Å². The van der Waals surface area contributed by atoms with E-state index < -0.39 is 23.9 Å². The van der Waals surface area contributed by atoms with Crippen LogP contribution in [0.1, 0.15) is 18.8 Å². The zero-order valence-corrected chi connectivity index (χ0v) is 11.2. The van der Waals surface area contributed by atoms with Crippen molar-refractivity contribution in [1.82, 2.24) is 0 Å². The SMILES string of the molecule is CC(N)(C(=O)Nc1cccc(C2OCCO2)c1)C(F)(F)F. The molecular formula is C13H15F3N2O3. The normalized spacial score (nSPS) is 19.3. The van der Waals surface area contributed by atoms with Crippen LogP contribution in [0.25, 0.3) is 0 Å². The molecule has 3 N–H and O–H groups in total. The molecule has 21 heavy (non-hydrogen) atoms. The number of carbonyl (C=O) groups is 1. The van der Waals surface area contributed by atoms with Crippen molar-refractivity contribution in [3.05, 3.63) is 29.8 Å². The van der Waals surface area contributed by atoms with E-state index in [0.717, 1.165) is 0 Å². The Balaban J connectivity index is 2.13. The second kappa shape index (κ2) is 5.63.